The molecule has 2 heterocycles. The number of nitriles is 1. The highest BCUT2D eigenvalue weighted by molar-refractivity contribution is 5.71. The molecule has 0 aliphatic heterocycles. The summed E-state index contributed by atoms with van der Waals surface area (Å²) in [5.41, 5.74) is 2.23. The second-order valence-corrected chi connectivity index (χ2v) is 5.40. The van der Waals surface area contributed by atoms with Crippen molar-refractivity contribution in [2.75, 3.05) is 0 Å². The van der Waals surface area contributed by atoms with Crippen LogP contribution in [0.2, 0.25) is 0 Å². The Bertz CT molecular complexity index is 1060. The van der Waals surface area contributed by atoms with Gasteiger partial charge in [-0.05, 0) is 24.1 Å². The Morgan fingerprint density at radius 3 is 2.56 bits per heavy atom. The molecule has 0 radical (unpaired) electrons. The predicted octanol–water partition coefficient (Wildman–Crippen LogP) is 2.99. The van der Waals surface area contributed by atoms with Crippen molar-refractivity contribution in [1.29, 1.82) is 5.26 Å². The molecule has 122 valence electrons. The molecule has 0 fully saturated rings. The highest BCUT2D eigenvalue weighted by Gasteiger charge is 2.13. The molecule has 0 amide bonds. The molecule has 1 aromatic carbocycles. The van der Waals surface area contributed by atoms with Gasteiger partial charge < -0.3 is 4.57 Å². The SMILES string of the molecule is Cc1ccc([N+](=O)[O-])cc1-c1cnc(-n2ccc(=O)cc2)c(C#N)c1. The van der Waals surface area contributed by atoms with Gasteiger partial charge in [-0.15, -0.1) is 0 Å². The van der Waals surface area contributed by atoms with Crippen LogP contribution in [0.3, 0.4) is 0 Å². The minimum Gasteiger partial charge on any atom is -0.307 e. The molecule has 0 saturated heterocycles. The lowest BCUT2D eigenvalue weighted by atomic mass is 10.00. The molecule has 2 aromatic heterocycles. The minimum absolute atomic E-state index is 0.0245. The fraction of sp³-hybridized carbons (Fsp3) is 0.0556. The first-order valence-electron chi connectivity index (χ1n) is 7.34. The van der Waals surface area contributed by atoms with Crippen molar-refractivity contribution in [2.45, 2.75) is 6.92 Å². The van der Waals surface area contributed by atoms with Crippen molar-refractivity contribution in [2.24, 2.45) is 0 Å². The summed E-state index contributed by atoms with van der Waals surface area (Å²) in [4.78, 5) is 26.1. The summed E-state index contributed by atoms with van der Waals surface area (Å²) in [7, 11) is 0. The summed E-state index contributed by atoms with van der Waals surface area (Å²) in [6.07, 6.45) is 4.62. The summed E-state index contributed by atoms with van der Waals surface area (Å²) in [5.74, 6) is 0.384. The summed E-state index contributed by atoms with van der Waals surface area (Å²) < 4.78 is 1.57. The van der Waals surface area contributed by atoms with Gasteiger partial charge in [-0.1, -0.05) is 6.07 Å². The highest BCUT2D eigenvalue weighted by Crippen LogP contribution is 2.28. The second-order valence-electron chi connectivity index (χ2n) is 5.40. The molecule has 0 N–H and O–H groups in total. The van der Waals surface area contributed by atoms with Crippen LogP contribution in [0, 0.1) is 28.4 Å². The van der Waals surface area contributed by atoms with Crippen LogP contribution in [-0.2, 0) is 0 Å². The number of aromatic nitrogens is 2. The zero-order valence-corrected chi connectivity index (χ0v) is 13.2. The number of nitro groups is 1. The monoisotopic (exact) mass is 332 g/mol. The first-order valence-corrected chi connectivity index (χ1v) is 7.34. The smallest absolute Gasteiger partial charge is 0.270 e. The van der Waals surface area contributed by atoms with E-state index in [1.54, 1.807) is 22.9 Å². The van der Waals surface area contributed by atoms with Crippen LogP contribution in [0.25, 0.3) is 16.9 Å². The van der Waals surface area contributed by atoms with E-state index >= 15 is 0 Å². The van der Waals surface area contributed by atoms with Gasteiger partial charge in [0, 0.05) is 48.4 Å². The van der Waals surface area contributed by atoms with Gasteiger partial charge >= 0.3 is 0 Å². The average Bonchev–Trinajstić information content (AvgIpc) is 2.62. The molecule has 0 unspecified atom stereocenters. The highest BCUT2D eigenvalue weighted by atomic mass is 16.6. The van der Waals surface area contributed by atoms with E-state index < -0.39 is 4.92 Å². The van der Waals surface area contributed by atoms with Gasteiger partial charge in [0.15, 0.2) is 11.2 Å². The number of benzene rings is 1. The third-order valence-corrected chi connectivity index (χ3v) is 3.77. The van der Waals surface area contributed by atoms with Gasteiger partial charge in [-0.2, -0.15) is 5.26 Å². The van der Waals surface area contributed by atoms with Crippen LogP contribution in [0.15, 0.2) is 59.8 Å². The molecule has 0 atom stereocenters. The Balaban J connectivity index is 2.13. The molecule has 7 heteroatoms. The van der Waals surface area contributed by atoms with E-state index in [9.17, 15) is 20.2 Å². The molecule has 0 saturated carbocycles. The van der Waals surface area contributed by atoms with Gasteiger partial charge in [0.05, 0.1) is 10.5 Å². The maximum Gasteiger partial charge on any atom is 0.270 e. The summed E-state index contributed by atoms with van der Waals surface area (Å²) in [6.45, 7) is 1.83. The van der Waals surface area contributed by atoms with Crippen molar-refractivity contribution in [3.63, 3.8) is 0 Å². The average molecular weight is 332 g/mol. The lowest BCUT2D eigenvalue weighted by molar-refractivity contribution is -0.384. The fourth-order valence-corrected chi connectivity index (χ4v) is 2.48. The van der Waals surface area contributed by atoms with E-state index in [-0.39, 0.29) is 11.1 Å². The van der Waals surface area contributed by atoms with Crippen LogP contribution in [0.4, 0.5) is 5.69 Å². The number of rotatable bonds is 3. The van der Waals surface area contributed by atoms with Gasteiger partial charge in [0.1, 0.15) is 6.07 Å². The number of nitro benzene ring substituents is 1. The Morgan fingerprint density at radius 2 is 1.92 bits per heavy atom. The number of pyridine rings is 2. The van der Waals surface area contributed by atoms with Crippen LogP contribution in [-0.4, -0.2) is 14.5 Å². The van der Waals surface area contributed by atoms with E-state index in [2.05, 4.69) is 11.1 Å². The van der Waals surface area contributed by atoms with Gasteiger partial charge in [-0.3, -0.25) is 14.9 Å². The number of nitrogens with zero attached hydrogens (tertiary/aromatic N) is 4. The molecule has 25 heavy (non-hydrogen) atoms. The number of aryl methyl sites for hydroxylation is 1. The molecule has 0 aliphatic rings. The van der Waals surface area contributed by atoms with Gasteiger partial charge in [0.25, 0.3) is 5.69 Å². The third-order valence-electron chi connectivity index (χ3n) is 3.77. The number of hydrogen-bond donors (Lipinski definition) is 0. The van der Waals surface area contributed by atoms with E-state index in [1.165, 1.54) is 36.7 Å². The normalized spacial score (nSPS) is 10.2. The summed E-state index contributed by atoms with van der Waals surface area (Å²) in [5, 5.41) is 20.4. The Kier molecular flexibility index (Phi) is 4.10. The van der Waals surface area contributed by atoms with Crippen molar-refractivity contribution < 1.29 is 4.92 Å². The lowest BCUT2D eigenvalue weighted by Crippen LogP contribution is -2.05. The topological polar surface area (TPSA) is 102 Å². The van der Waals surface area contributed by atoms with Crippen molar-refractivity contribution >= 4 is 5.69 Å². The van der Waals surface area contributed by atoms with E-state index in [1.807, 2.05) is 6.92 Å². The van der Waals surface area contributed by atoms with Crippen LogP contribution >= 0.6 is 0 Å². The van der Waals surface area contributed by atoms with Crippen LogP contribution < -0.4 is 5.43 Å². The van der Waals surface area contributed by atoms with E-state index in [0.29, 0.717) is 22.5 Å². The van der Waals surface area contributed by atoms with Gasteiger partial charge in [-0.25, -0.2) is 4.98 Å². The predicted molar refractivity (Wildman–Crippen MR) is 91.4 cm³/mol. The Morgan fingerprint density at radius 1 is 1.20 bits per heavy atom. The van der Waals surface area contributed by atoms with Crippen LogP contribution in [0.5, 0.6) is 0 Å². The number of non-ortho nitro benzene ring substituents is 1. The minimum atomic E-state index is -0.462. The maximum absolute atomic E-state index is 11.2. The van der Waals surface area contributed by atoms with E-state index in [4.69, 9.17) is 0 Å². The zero-order valence-electron chi connectivity index (χ0n) is 13.2. The first-order chi connectivity index (χ1) is 12.0. The van der Waals surface area contributed by atoms with E-state index in [0.717, 1.165) is 5.56 Å². The summed E-state index contributed by atoms with van der Waals surface area (Å²) >= 11 is 0. The molecule has 3 aromatic rings. The number of hydrogen-bond acceptors (Lipinski definition) is 5. The van der Waals surface area contributed by atoms with Crippen LogP contribution in [0.1, 0.15) is 11.1 Å². The van der Waals surface area contributed by atoms with Gasteiger partial charge in [0.2, 0.25) is 0 Å². The Hall–Kier alpha value is -3.79. The fourth-order valence-electron chi connectivity index (χ4n) is 2.48. The molecule has 3 rings (SSSR count). The third kappa shape index (κ3) is 3.14. The molecule has 0 spiro atoms. The zero-order chi connectivity index (χ0) is 18.0. The summed E-state index contributed by atoms with van der Waals surface area (Å²) in [6, 6.07) is 11.0. The molecule has 0 bridgehead atoms. The molecular weight excluding hydrogens is 320 g/mol. The van der Waals surface area contributed by atoms with Crippen molar-refractivity contribution in [3.8, 4) is 23.0 Å². The molecule has 7 nitrogen and oxygen atoms in total. The first kappa shape index (κ1) is 16.1. The van der Waals surface area contributed by atoms with Crippen molar-refractivity contribution in [3.05, 3.63) is 86.5 Å². The second kappa shape index (κ2) is 6.37. The van der Waals surface area contributed by atoms with Crippen molar-refractivity contribution in [1.82, 2.24) is 9.55 Å². The lowest BCUT2D eigenvalue weighted by Gasteiger charge is -2.10. The molecular formula is C18H12N4O3. The quantitative estimate of drug-likeness (QED) is 0.542. The standard InChI is InChI=1S/C18H12N4O3/c1-12-2-3-15(22(24)25)9-17(12)14-8-13(10-19)18(20-11-14)21-6-4-16(23)5-7-21/h2-9,11H,1H3. The maximum atomic E-state index is 11.2. The largest absolute Gasteiger partial charge is 0.307 e. The Labute approximate surface area is 142 Å². The molecule has 0 aliphatic carbocycles.